The highest BCUT2D eigenvalue weighted by atomic mass is 16.5. The lowest BCUT2D eigenvalue weighted by molar-refractivity contribution is -0.121. The number of fused-ring (bicyclic) bond motifs is 1. The standard InChI is InChI=1S/C13H18N2O3/c1-18-6-5-14-13(17)9-15-7-10-3-2-4-12(16)11(10)8-15/h7-8H,2-6,9H2,1H3,(H,14,17). The van der Waals surface area contributed by atoms with E-state index in [0.717, 1.165) is 24.0 Å². The van der Waals surface area contributed by atoms with Crippen LogP contribution in [0.1, 0.15) is 28.8 Å². The Morgan fingerprint density at radius 1 is 1.44 bits per heavy atom. The highest BCUT2D eigenvalue weighted by Crippen LogP contribution is 2.21. The van der Waals surface area contributed by atoms with Crippen molar-refractivity contribution in [1.29, 1.82) is 0 Å². The molecule has 0 saturated carbocycles. The van der Waals surface area contributed by atoms with E-state index in [1.54, 1.807) is 17.9 Å². The van der Waals surface area contributed by atoms with E-state index in [0.29, 0.717) is 19.6 Å². The Morgan fingerprint density at radius 2 is 2.28 bits per heavy atom. The molecule has 1 N–H and O–H groups in total. The molecule has 0 atom stereocenters. The normalized spacial score (nSPS) is 14.4. The van der Waals surface area contributed by atoms with E-state index in [2.05, 4.69) is 5.32 Å². The van der Waals surface area contributed by atoms with Crippen molar-refractivity contribution in [3.05, 3.63) is 23.5 Å². The van der Waals surface area contributed by atoms with Gasteiger partial charge in [0, 0.05) is 38.0 Å². The number of amides is 1. The van der Waals surface area contributed by atoms with Gasteiger partial charge in [-0.2, -0.15) is 0 Å². The van der Waals surface area contributed by atoms with Crippen molar-refractivity contribution in [2.45, 2.75) is 25.8 Å². The van der Waals surface area contributed by atoms with Gasteiger partial charge in [-0.05, 0) is 18.4 Å². The molecule has 98 valence electrons. The number of carbonyl (C=O) groups excluding carboxylic acids is 2. The van der Waals surface area contributed by atoms with Crippen LogP contribution >= 0.6 is 0 Å². The quantitative estimate of drug-likeness (QED) is 0.785. The van der Waals surface area contributed by atoms with Crippen LogP contribution in [0, 0.1) is 0 Å². The molecule has 0 bridgehead atoms. The van der Waals surface area contributed by atoms with E-state index >= 15 is 0 Å². The number of hydrogen-bond acceptors (Lipinski definition) is 3. The lowest BCUT2D eigenvalue weighted by Crippen LogP contribution is -2.30. The predicted octanol–water partition coefficient (Wildman–Crippen LogP) is 0.770. The number of methoxy groups -OCH3 is 1. The molecule has 18 heavy (non-hydrogen) atoms. The SMILES string of the molecule is COCCNC(=O)Cn1cc2c(c1)C(=O)CCC2. The Balaban J connectivity index is 1.94. The van der Waals surface area contributed by atoms with Crippen molar-refractivity contribution in [3.8, 4) is 0 Å². The number of aromatic nitrogens is 1. The Hall–Kier alpha value is -1.62. The smallest absolute Gasteiger partial charge is 0.239 e. The molecule has 5 nitrogen and oxygen atoms in total. The van der Waals surface area contributed by atoms with E-state index < -0.39 is 0 Å². The first-order valence-electron chi connectivity index (χ1n) is 6.18. The molecule has 1 amide bonds. The van der Waals surface area contributed by atoms with Crippen LogP contribution in [-0.4, -0.2) is 36.5 Å². The van der Waals surface area contributed by atoms with Crippen LogP contribution in [0.5, 0.6) is 0 Å². The third-order valence-electron chi connectivity index (χ3n) is 3.07. The topological polar surface area (TPSA) is 60.3 Å². The lowest BCUT2D eigenvalue weighted by Gasteiger charge is -2.07. The van der Waals surface area contributed by atoms with E-state index in [1.165, 1.54) is 0 Å². The number of ether oxygens (including phenoxy) is 1. The molecule has 5 heteroatoms. The minimum atomic E-state index is -0.0631. The lowest BCUT2D eigenvalue weighted by atomic mass is 9.95. The first-order chi connectivity index (χ1) is 8.70. The molecule has 0 spiro atoms. The van der Waals surface area contributed by atoms with Crippen molar-refractivity contribution in [2.75, 3.05) is 20.3 Å². The number of rotatable bonds is 5. The van der Waals surface area contributed by atoms with Crippen LogP contribution in [0.2, 0.25) is 0 Å². The average Bonchev–Trinajstić information content (AvgIpc) is 2.73. The van der Waals surface area contributed by atoms with E-state index in [1.807, 2.05) is 6.20 Å². The largest absolute Gasteiger partial charge is 0.383 e. The van der Waals surface area contributed by atoms with Crippen LogP contribution in [0.4, 0.5) is 0 Å². The molecule has 0 aromatic carbocycles. The van der Waals surface area contributed by atoms with Gasteiger partial charge in [0.15, 0.2) is 5.78 Å². The molecule has 0 saturated heterocycles. The highest BCUT2D eigenvalue weighted by molar-refractivity contribution is 5.98. The van der Waals surface area contributed by atoms with Crippen LogP contribution < -0.4 is 5.32 Å². The summed E-state index contributed by atoms with van der Waals surface area (Å²) in [4.78, 5) is 23.3. The van der Waals surface area contributed by atoms with E-state index in [-0.39, 0.29) is 18.2 Å². The van der Waals surface area contributed by atoms with Gasteiger partial charge in [0.1, 0.15) is 6.54 Å². The summed E-state index contributed by atoms with van der Waals surface area (Å²) in [5.74, 6) is 0.127. The maximum atomic E-state index is 11.7. The molecule has 1 aliphatic carbocycles. The molecule has 1 aromatic rings. The van der Waals surface area contributed by atoms with Gasteiger partial charge in [0.05, 0.1) is 6.61 Å². The monoisotopic (exact) mass is 250 g/mol. The summed E-state index contributed by atoms with van der Waals surface area (Å²) in [5.41, 5.74) is 1.85. The second-order valence-electron chi connectivity index (χ2n) is 4.49. The molecule has 0 radical (unpaired) electrons. The molecule has 0 unspecified atom stereocenters. The number of aryl methyl sites for hydroxylation is 1. The summed E-state index contributed by atoms with van der Waals surface area (Å²) in [5, 5.41) is 2.75. The van der Waals surface area contributed by atoms with Crippen molar-refractivity contribution >= 4 is 11.7 Å². The Morgan fingerprint density at radius 3 is 3.00 bits per heavy atom. The second-order valence-corrected chi connectivity index (χ2v) is 4.49. The Labute approximate surface area is 106 Å². The zero-order valence-corrected chi connectivity index (χ0v) is 10.6. The van der Waals surface area contributed by atoms with Crippen molar-refractivity contribution in [1.82, 2.24) is 9.88 Å². The third kappa shape index (κ3) is 2.98. The van der Waals surface area contributed by atoms with E-state index in [4.69, 9.17) is 4.74 Å². The van der Waals surface area contributed by atoms with Crippen molar-refractivity contribution in [3.63, 3.8) is 0 Å². The van der Waals surface area contributed by atoms with Crippen LogP contribution in [-0.2, 0) is 22.5 Å². The van der Waals surface area contributed by atoms with Gasteiger partial charge in [-0.15, -0.1) is 0 Å². The van der Waals surface area contributed by atoms with E-state index in [9.17, 15) is 9.59 Å². The molecule has 1 aliphatic rings. The number of Topliss-reactive ketones (excluding diaryl/α,β-unsaturated/α-hetero) is 1. The van der Waals surface area contributed by atoms with Gasteiger partial charge < -0.3 is 14.6 Å². The minimum absolute atomic E-state index is 0.0631. The fourth-order valence-electron chi connectivity index (χ4n) is 2.19. The minimum Gasteiger partial charge on any atom is -0.383 e. The van der Waals surface area contributed by atoms with Crippen molar-refractivity contribution in [2.24, 2.45) is 0 Å². The van der Waals surface area contributed by atoms with Gasteiger partial charge in [-0.25, -0.2) is 0 Å². The van der Waals surface area contributed by atoms with Gasteiger partial charge in [-0.3, -0.25) is 9.59 Å². The highest BCUT2D eigenvalue weighted by Gasteiger charge is 2.19. The first kappa shape index (κ1) is 12.8. The fraction of sp³-hybridized carbons (Fsp3) is 0.538. The third-order valence-corrected chi connectivity index (χ3v) is 3.07. The maximum absolute atomic E-state index is 11.7. The molecule has 1 heterocycles. The zero-order chi connectivity index (χ0) is 13.0. The van der Waals surface area contributed by atoms with Gasteiger partial charge in [-0.1, -0.05) is 0 Å². The Bertz CT molecular complexity index is 451. The van der Waals surface area contributed by atoms with Crippen LogP contribution in [0.3, 0.4) is 0 Å². The number of ketones is 1. The van der Waals surface area contributed by atoms with Gasteiger partial charge >= 0.3 is 0 Å². The molecular formula is C13H18N2O3. The summed E-state index contributed by atoms with van der Waals surface area (Å²) in [7, 11) is 1.60. The average molecular weight is 250 g/mol. The molecule has 0 fully saturated rings. The number of nitrogens with one attached hydrogen (secondary N) is 1. The summed E-state index contributed by atoms with van der Waals surface area (Å²) in [6.07, 6.45) is 6.15. The number of nitrogens with zero attached hydrogens (tertiary/aromatic N) is 1. The fourth-order valence-corrected chi connectivity index (χ4v) is 2.19. The second kappa shape index (κ2) is 5.82. The summed E-state index contributed by atoms with van der Waals surface area (Å²) < 4.78 is 6.64. The molecule has 1 aromatic heterocycles. The summed E-state index contributed by atoms with van der Waals surface area (Å²) in [6.45, 7) is 1.27. The van der Waals surface area contributed by atoms with Crippen LogP contribution in [0.15, 0.2) is 12.4 Å². The zero-order valence-electron chi connectivity index (χ0n) is 10.6. The number of hydrogen-bond donors (Lipinski definition) is 1. The molecule has 2 rings (SSSR count). The van der Waals surface area contributed by atoms with Crippen molar-refractivity contribution < 1.29 is 14.3 Å². The first-order valence-corrected chi connectivity index (χ1v) is 6.18. The van der Waals surface area contributed by atoms with Gasteiger partial charge in [0.2, 0.25) is 5.91 Å². The predicted molar refractivity (Wildman–Crippen MR) is 66.6 cm³/mol. The summed E-state index contributed by atoms with van der Waals surface area (Å²) >= 11 is 0. The Kier molecular flexibility index (Phi) is 4.15. The number of carbonyl (C=O) groups is 2. The maximum Gasteiger partial charge on any atom is 0.239 e. The van der Waals surface area contributed by atoms with Gasteiger partial charge in [0.25, 0.3) is 0 Å². The molecule has 0 aliphatic heterocycles. The molecular weight excluding hydrogens is 232 g/mol. The summed E-state index contributed by atoms with van der Waals surface area (Å²) in [6, 6.07) is 0. The van der Waals surface area contributed by atoms with Crippen LogP contribution in [0.25, 0.3) is 0 Å².